The van der Waals surface area contributed by atoms with Crippen molar-refractivity contribution in [3.63, 3.8) is 0 Å². The summed E-state index contributed by atoms with van der Waals surface area (Å²) in [5, 5.41) is 0.170. The van der Waals surface area contributed by atoms with Crippen molar-refractivity contribution in [2.75, 3.05) is 13.1 Å². The summed E-state index contributed by atoms with van der Waals surface area (Å²) < 4.78 is 13.6. The van der Waals surface area contributed by atoms with Gasteiger partial charge in [0.05, 0.1) is 5.02 Å². The van der Waals surface area contributed by atoms with Crippen LogP contribution in [0.15, 0.2) is 18.2 Å². The van der Waals surface area contributed by atoms with Crippen LogP contribution in [0, 0.1) is 5.82 Å². The summed E-state index contributed by atoms with van der Waals surface area (Å²) in [6, 6.07) is 5.09. The minimum atomic E-state index is -0.353. The molecule has 1 saturated carbocycles. The zero-order valence-corrected chi connectivity index (χ0v) is 10.8. The monoisotopic (exact) mass is 267 g/mol. The maximum absolute atomic E-state index is 13.6. The standard InChI is InChI=1S/C14H15ClFNO/c15-12-2-1-10(9-13(12)16)14(5-6-14)17-7-3-11(18)4-8-17/h1-2,9H,3-8H2. The molecule has 0 radical (unpaired) electrons. The molecule has 0 spiro atoms. The largest absolute Gasteiger partial charge is 0.300 e. The zero-order chi connectivity index (χ0) is 12.8. The summed E-state index contributed by atoms with van der Waals surface area (Å²) >= 11 is 5.72. The molecule has 1 aliphatic carbocycles. The highest BCUT2D eigenvalue weighted by molar-refractivity contribution is 6.30. The van der Waals surface area contributed by atoms with Crippen molar-refractivity contribution in [2.45, 2.75) is 31.2 Å². The number of rotatable bonds is 2. The molecule has 96 valence electrons. The molecule has 2 aliphatic rings. The topological polar surface area (TPSA) is 20.3 Å². The van der Waals surface area contributed by atoms with Crippen molar-refractivity contribution >= 4 is 17.4 Å². The fourth-order valence-electron chi connectivity index (χ4n) is 2.88. The minimum absolute atomic E-state index is 0.0356. The molecular weight excluding hydrogens is 253 g/mol. The molecule has 2 fully saturated rings. The number of nitrogens with zero attached hydrogens (tertiary/aromatic N) is 1. The van der Waals surface area contributed by atoms with Crippen LogP contribution in [-0.4, -0.2) is 23.8 Å². The lowest BCUT2D eigenvalue weighted by atomic mass is 9.99. The van der Waals surface area contributed by atoms with Crippen LogP contribution < -0.4 is 0 Å². The highest BCUT2D eigenvalue weighted by atomic mass is 35.5. The van der Waals surface area contributed by atoms with Crippen molar-refractivity contribution in [1.82, 2.24) is 4.90 Å². The highest BCUT2D eigenvalue weighted by Crippen LogP contribution is 2.51. The SMILES string of the molecule is O=C1CCN(C2(c3ccc(Cl)c(F)c3)CC2)CC1. The second-order valence-electron chi connectivity index (χ2n) is 5.19. The number of hydrogen-bond acceptors (Lipinski definition) is 2. The van der Waals surface area contributed by atoms with Crippen molar-refractivity contribution in [3.05, 3.63) is 34.6 Å². The lowest BCUT2D eigenvalue weighted by molar-refractivity contribution is -0.122. The van der Waals surface area contributed by atoms with E-state index in [4.69, 9.17) is 11.6 Å². The molecule has 0 amide bonds. The van der Waals surface area contributed by atoms with Gasteiger partial charge in [-0.25, -0.2) is 4.39 Å². The van der Waals surface area contributed by atoms with Gasteiger partial charge in [0.1, 0.15) is 11.6 Å². The van der Waals surface area contributed by atoms with E-state index in [2.05, 4.69) is 4.90 Å². The van der Waals surface area contributed by atoms with Gasteiger partial charge in [0.15, 0.2) is 0 Å². The Bertz CT molecular complexity index is 489. The lowest BCUT2D eigenvalue weighted by Gasteiger charge is -2.34. The van der Waals surface area contributed by atoms with Gasteiger partial charge in [0.2, 0.25) is 0 Å². The zero-order valence-electron chi connectivity index (χ0n) is 10.1. The molecule has 1 aromatic rings. The number of Topliss-reactive ketones (excluding diaryl/α,β-unsaturated/α-hetero) is 1. The van der Waals surface area contributed by atoms with Crippen LogP contribution in [0.3, 0.4) is 0 Å². The molecule has 1 aromatic carbocycles. The van der Waals surface area contributed by atoms with Gasteiger partial charge in [-0.05, 0) is 30.5 Å². The van der Waals surface area contributed by atoms with Crippen LogP contribution in [0.4, 0.5) is 4.39 Å². The molecule has 1 heterocycles. The summed E-state index contributed by atoms with van der Waals surface area (Å²) in [4.78, 5) is 13.6. The molecule has 0 unspecified atom stereocenters. The molecule has 3 rings (SSSR count). The third kappa shape index (κ3) is 1.95. The summed E-state index contributed by atoms with van der Waals surface area (Å²) in [7, 11) is 0. The molecule has 4 heteroatoms. The average Bonchev–Trinajstić information content (AvgIpc) is 3.15. The Morgan fingerprint density at radius 1 is 1.22 bits per heavy atom. The Labute approximate surface area is 111 Å². The first-order chi connectivity index (χ1) is 8.62. The first kappa shape index (κ1) is 12.1. The Balaban J connectivity index is 1.86. The summed E-state index contributed by atoms with van der Waals surface area (Å²) in [5.41, 5.74) is 0.963. The second-order valence-corrected chi connectivity index (χ2v) is 5.59. The molecule has 0 N–H and O–H groups in total. The van der Waals surface area contributed by atoms with Crippen molar-refractivity contribution in [2.24, 2.45) is 0 Å². The van der Waals surface area contributed by atoms with Crippen LogP contribution >= 0.6 is 11.6 Å². The van der Waals surface area contributed by atoms with Gasteiger partial charge in [-0.1, -0.05) is 17.7 Å². The first-order valence-corrected chi connectivity index (χ1v) is 6.72. The van der Waals surface area contributed by atoms with E-state index >= 15 is 0 Å². The third-order valence-corrected chi connectivity index (χ3v) is 4.41. The number of hydrogen-bond donors (Lipinski definition) is 0. The number of carbonyl (C=O) groups is 1. The molecule has 0 aromatic heterocycles. The lowest BCUT2D eigenvalue weighted by Crippen LogP contribution is -2.41. The molecule has 0 bridgehead atoms. The summed E-state index contributed by atoms with van der Waals surface area (Å²) in [6.45, 7) is 1.59. The van der Waals surface area contributed by atoms with Gasteiger partial charge >= 0.3 is 0 Å². The smallest absolute Gasteiger partial charge is 0.142 e. The van der Waals surface area contributed by atoms with E-state index in [-0.39, 0.29) is 16.4 Å². The van der Waals surface area contributed by atoms with Crippen molar-refractivity contribution in [3.8, 4) is 0 Å². The van der Waals surface area contributed by atoms with Crippen molar-refractivity contribution in [1.29, 1.82) is 0 Å². The van der Waals surface area contributed by atoms with Gasteiger partial charge in [-0.15, -0.1) is 0 Å². The van der Waals surface area contributed by atoms with Gasteiger partial charge in [-0.2, -0.15) is 0 Å². The Kier molecular flexibility index (Phi) is 2.91. The normalized spacial score (nSPS) is 23.1. The van der Waals surface area contributed by atoms with Crippen LogP contribution in [-0.2, 0) is 10.3 Å². The molecule has 2 nitrogen and oxygen atoms in total. The van der Waals surface area contributed by atoms with Crippen LogP contribution in [0.2, 0.25) is 5.02 Å². The van der Waals surface area contributed by atoms with Crippen LogP contribution in [0.25, 0.3) is 0 Å². The molecule has 0 atom stereocenters. The fourth-order valence-corrected chi connectivity index (χ4v) is 2.99. The van der Waals surface area contributed by atoms with E-state index in [1.54, 1.807) is 12.1 Å². The summed E-state index contributed by atoms with van der Waals surface area (Å²) in [5.74, 6) is -0.0159. The minimum Gasteiger partial charge on any atom is -0.300 e. The van der Waals surface area contributed by atoms with E-state index < -0.39 is 0 Å². The Morgan fingerprint density at radius 3 is 2.44 bits per heavy atom. The van der Waals surface area contributed by atoms with Gasteiger partial charge < -0.3 is 0 Å². The molecule has 1 aliphatic heterocycles. The second kappa shape index (κ2) is 4.32. The highest BCUT2D eigenvalue weighted by Gasteiger charge is 2.50. The van der Waals surface area contributed by atoms with E-state index in [0.29, 0.717) is 18.6 Å². The number of piperidine rings is 1. The predicted molar refractivity (Wildman–Crippen MR) is 68.1 cm³/mol. The maximum Gasteiger partial charge on any atom is 0.142 e. The van der Waals surface area contributed by atoms with E-state index in [1.165, 1.54) is 0 Å². The first-order valence-electron chi connectivity index (χ1n) is 6.34. The maximum atomic E-state index is 13.6. The van der Waals surface area contributed by atoms with E-state index in [9.17, 15) is 9.18 Å². The number of benzene rings is 1. The van der Waals surface area contributed by atoms with Gasteiger partial charge in [-0.3, -0.25) is 9.69 Å². The third-order valence-electron chi connectivity index (χ3n) is 4.11. The molecule has 18 heavy (non-hydrogen) atoms. The van der Waals surface area contributed by atoms with Crippen LogP contribution in [0.1, 0.15) is 31.2 Å². The summed E-state index contributed by atoms with van der Waals surface area (Å²) in [6.07, 6.45) is 3.33. The average molecular weight is 268 g/mol. The van der Waals surface area contributed by atoms with Gasteiger partial charge in [0.25, 0.3) is 0 Å². The predicted octanol–water partition coefficient (Wildman–Crippen LogP) is 3.13. The quantitative estimate of drug-likeness (QED) is 0.821. The number of halogens is 2. The Morgan fingerprint density at radius 2 is 1.89 bits per heavy atom. The Hall–Kier alpha value is -0.930. The molecule has 1 saturated heterocycles. The van der Waals surface area contributed by atoms with E-state index in [0.717, 1.165) is 31.5 Å². The number of likely N-dealkylation sites (tertiary alicyclic amines) is 1. The van der Waals surface area contributed by atoms with Crippen molar-refractivity contribution < 1.29 is 9.18 Å². The van der Waals surface area contributed by atoms with Gasteiger partial charge in [0, 0.05) is 31.5 Å². The van der Waals surface area contributed by atoms with E-state index in [1.807, 2.05) is 6.07 Å². The fraction of sp³-hybridized carbons (Fsp3) is 0.500. The number of carbonyl (C=O) groups excluding carboxylic acids is 1. The van der Waals surface area contributed by atoms with Crippen LogP contribution in [0.5, 0.6) is 0 Å². The molecular formula is C14H15ClFNO. The number of ketones is 1.